The van der Waals surface area contributed by atoms with Crippen LogP contribution in [0.25, 0.3) is 0 Å². The lowest BCUT2D eigenvalue weighted by molar-refractivity contribution is -0.154. The third-order valence-electron chi connectivity index (χ3n) is 4.26. The van der Waals surface area contributed by atoms with Gasteiger partial charge in [0.1, 0.15) is 23.1 Å². The number of carboxylic acid groups (broad SMARTS) is 1. The molecule has 8 heteroatoms. The topological polar surface area (TPSA) is 109 Å². The van der Waals surface area contributed by atoms with Gasteiger partial charge in [-0.2, -0.15) is 0 Å². The summed E-state index contributed by atoms with van der Waals surface area (Å²) >= 11 is 0. The minimum Gasteiger partial charge on any atom is -0.481 e. The van der Waals surface area contributed by atoms with Gasteiger partial charge in [-0.3, -0.25) is 15.0 Å². The first kappa shape index (κ1) is 19.8. The molecule has 0 bridgehead atoms. The van der Waals surface area contributed by atoms with Crippen LogP contribution in [0.1, 0.15) is 39.2 Å². The first-order valence-electron chi connectivity index (χ1n) is 8.50. The fraction of sp³-hybridized carbons (Fsp3) is 0.556. The summed E-state index contributed by atoms with van der Waals surface area (Å²) in [6.07, 6.45) is 2.16. The third kappa shape index (κ3) is 5.26. The van der Waals surface area contributed by atoms with Crippen molar-refractivity contribution in [2.75, 3.05) is 18.4 Å². The smallest absolute Gasteiger partial charge is 0.413 e. The number of hydrogen-bond acceptors (Lipinski definition) is 6. The fourth-order valence-corrected chi connectivity index (χ4v) is 2.80. The zero-order chi connectivity index (χ0) is 19.4. The van der Waals surface area contributed by atoms with Gasteiger partial charge in [0.15, 0.2) is 0 Å². The van der Waals surface area contributed by atoms with Gasteiger partial charge >= 0.3 is 12.1 Å². The minimum absolute atomic E-state index is 0.292. The molecule has 1 aliphatic heterocycles. The van der Waals surface area contributed by atoms with Crippen LogP contribution in [0.4, 0.5) is 10.6 Å². The van der Waals surface area contributed by atoms with Gasteiger partial charge in [0.05, 0.1) is 0 Å². The molecule has 1 fully saturated rings. The minimum atomic E-state index is -1.27. The number of carbonyl (C=O) groups excluding carboxylic acids is 2. The monoisotopic (exact) mass is 363 g/mol. The highest BCUT2D eigenvalue weighted by molar-refractivity contribution is 5.92. The Morgan fingerprint density at radius 3 is 2.58 bits per heavy atom. The van der Waals surface area contributed by atoms with Crippen LogP contribution in [0, 0.1) is 5.41 Å². The Balaban J connectivity index is 1.94. The van der Waals surface area contributed by atoms with Crippen LogP contribution in [0.3, 0.4) is 0 Å². The number of nitrogens with one attached hydrogen (secondary N) is 1. The Hall–Kier alpha value is -2.48. The van der Waals surface area contributed by atoms with Gasteiger partial charge in [-0.25, -0.2) is 9.78 Å². The number of nitrogens with zero attached hydrogens (tertiary/aromatic N) is 2. The first-order valence-corrected chi connectivity index (χ1v) is 8.50. The second kappa shape index (κ2) is 7.82. The zero-order valence-corrected chi connectivity index (χ0v) is 15.3. The molecule has 0 unspecified atom stereocenters. The Bertz CT molecular complexity index is 676. The van der Waals surface area contributed by atoms with Crippen molar-refractivity contribution in [3.8, 4) is 0 Å². The number of aromatic nitrogens is 1. The lowest BCUT2D eigenvalue weighted by atomic mass is 9.80. The molecule has 0 aliphatic carbocycles. The molecule has 0 atom stereocenters. The van der Waals surface area contributed by atoms with Crippen LogP contribution in [0.2, 0.25) is 0 Å². The number of piperidine rings is 1. The average molecular weight is 363 g/mol. The highest BCUT2D eigenvalue weighted by Gasteiger charge is 2.41. The van der Waals surface area contributed by atoms with E-state index < -0.39 is 23.1 Å². The van der Waals surface area contributed by atoms with Crippen molar-refractivity contribution in [3.63, 3.8) is 0 Å². The van der Waals surface area contributed by atoms with Gasteiger partial charge in [-0.1, -0.05) is 0 Å². The second-order valence-corrected chi connectivity index (χ2v) is 7.53. The average Bonchev–Trinajstić information content (AvgIpc) is 2.54. The van der Waals surface area contributed by atoms with Gasteiger partial charge in [-0.05, 0) is 51.3 Å². The Labute approximate surface area is 152 Å². The molecule has 0 saturated carbocycles. The van der Waals surface area contributed by atoms with Gasteiger partial charge in [0.2, 0.25) is 0 Å². The van der Waals surface area contributed by atoms with Gasteiger partial charge in [0, 0.05) is 25.8 Å². The van der Waals surface area contributed by atoms with Crippen molar-refractivity contribution in [1.82, 2.24) is 9.88 Å². The molecular formula is C18H25N3O5. The van der Waals surface area contributed by atoms with Gasteiger partial charge in [0.25, 0.3) is 0 Å². The summed E-state index contributed by atoms with van der Waals surface area (Å²) in [5.41, 5.74) is -0.928. The molecule has 1 amide bonds. The molecule has 8 nitrogen and oxygen atoms in total. The summed E-state index contributed by atoms with van der Waals surface area (Å²) in [6, 6.07) is 3.59. The second-order valence-electron chi connectivity index (χ2n) is 7.53. The quantitative estimate of drug-likeness (QED) is 0.610. The molecule has 0 aromatic carbocycles. The van der Waals surface area contributed by atoms with Crippen LogP contribution >= 0.6 is 0 Å². The number of carboxylic acids is 1. The predicted octanol–water partition coefficient (Wildman–Crippen LogP) is 2.29. The SMILES string of the molecule is CC(C)(C)OC(=O)Nc1cc(CN2CCC(C=O)(C(=O)O)CC2)ccn1. The summed E-state index contributed by atoms with van der Waals surface area (Å²) in [7, 11) is 0. The maximum Gasteiger partial charge on any atom is 0.413 e. The lowest BCUT2D eigenvalue weighted by Gasteiger charge is -2.35. The summed E-state index contributed by atoms with van der Waals surface area (Å²) in [4.78, 5) is 40.5. The van der Waals surface area contributed by atoms with E-state index in [1.807, 2.05) is 6.07 Å². The number of aldehydes is 1. The van der Waals surface area contributed by atoms with Crippen molar-refractivity contribution < 1.29 is 24.2 Å². The normalized spacial score (nSPS) is 17.3. The number of ether oxygens (including phenoxy) is 1. The third-order valence-corrected chi connectivity index (χ3v) is 4.26. The van der Waals surface area contributed by atoms with E-state index in [0.29, 0.717) is 44.6 Å². The van der Waals surface area contributed by atoms with Crippen LogP contribution in [0.5, 0.6) is 0 Å². The molecule has 1 aromatic rings. The Morgan fingerprint density at radius 2 is 2.04 bits per heavy atom. The zero-order valence-electron chi connectivity index (χ0n) is 15.3. The Morgan fingerprint density at radius 1 is 1.38 bits per heavy atom. The first-order chi connectivity index (χ1) is 12.1. The lowest BCUT2D eigenvalue weighted by Crippen LogP contribution is -2.45. The molecule has 2 N–H and O–H groups in total. The van der Waals surface area contributed by atoms with E-state index >= 15 is 0 Å². The highest BCUT2D eigenvalue weighted by Crippen LogP contribution is 2.30. The van der Waals surface area contributed by atoms with E-state index in [4.69, 9.17) is 4.74 Å². The number of likely N-dealkylation sites (tertiary alicyclic amines) is 1. The van der Waals surface area contributed by atoms with Gasteiger partial charge < -0.3 is 14.6 Å². The van der Waals surface area contributed by atoms with Crippen LogP contribution < -0.4 is 5.32 Å². The molecule has 2 rings (SSSR count). The largest absolute Gasteiger partial charge is 0.481 e. The summed E-state index contributed by atoms with van der Waals surface area (Å²) in [5, 5.41) is 11.9. The standard InChI is InChI=1S/C18H25N3O5/c1-17(2,3)26-16(25)20-14-10-13(4-7-19-14)11-21-8-5-18(12-22,6-9-21)15(23)24/h4,7,10,12H,5-6,8-9,11H2,1-3H3,(H,23,24)(H,19,20,25). The van der Waals surface area contributed by atoms with Gasteiger partial charge in [-0.15, -0.1) is 0 Å². The maximum absolute atomic E-state index is 11.8. The highest BCUT2D eigenvalue weighted by atomic mass is 16.6. The van der Waals surface area contributed by atoms with Crippen LogP contribution in [-0.2, 0) is 20.9 Å². The molecule has 0 spiro atoms. The number of pyridine rings is 1. The molecule has 2 heterocycles. The molecule has 0 radical (unpaired) electrons. The van der Waals surface area contributed by atoms with E-state index in [-0.39, 0.29) is 0 Å². The number of amides is 1. The molecule has 1 saturated heterocycles. The Kier molecular flexibility index (Phi) is 5.97. The molecule has 1 aromatic heterocycles. The van der Waals surface area contributed by atoms with E-state index in [2.05, 4.69) is 15.2 Å². The number of carbonyl (C=O) groups is 3. The summed E-state index contributed by atoms with van der Waals surface area (Å²) in [5.74, 6) is -0.665. The maximum atomic E-state index is 11.8. The molecular weight excluding hydrogens is 338 g/mol. The van der Waals surface area contributed by atoms with Crippen molar-refractivity contribution in [2.45, 2.75) is 45.8 Å². The number of rotatable bonds is 5. The van der Waals surface area contributed by atoms with E-state index in [0.717, 1.165) is 5.56 Å². The van der Waals surface area contributed by atoms with Crippen LogP contribution in [0.15, 0.2) is 18.3 Å². The van der Waals surface area contributed by atoms with E-state index in [1.165, 1.54) is 0 Å². The van der Waals surface area contributed by atoms with Crippen molar-refractivity contribution >= 4 is 24.2 Å². The molecule has 142 valence electrons. The number of anilines is 1. The van der Waals surface area contributed by atoms with E-state index in [9.17, 15) is 19.5 Å². The number of hydrogen-bond donors (Lipinski definition) is 2. The predicted molar refractivity (Wildman–Crippen MR) is 94.7 cm³/mol. The van der Waals surface area contributed by atoms with Crippen molar-refractivity contribution in [1.29, 1.82) is 0 Å². The fourth-order valence-electron chi connectivity index (χ4n) is 2.80. The van der Waals surface area contributed by atoms with Crippen molar-refractivity contribution in [3.05, 3.63) is 23.9 Å². The van der Waals surface area contributed by atoms with Crippen LogP contribution in [-0.4, -0.2) is 52.0 Å². The molecule has 26 heavy (non-hydrogen) atoms. The van der Waals surface area contributed by atoms with Crippen molar-refractivity contribution in [2.24, 2.45) is 5.41 Å². The molecule has 1 aliphatic rings. The summed E-state index contributed by atoms with van der Waals surface area (Å²) < 4.78 is 5.20. The van der Waals surface area contributed by atoms with E-state index in [1.54, 1.807) is 33.0 Å². The summed E-state index contributed by atoms with van der Waals surface area (Å²) in [6.45, 7) is 6.96. The number of aliphatic carboxylic acids is 1.